The van der Waals surface area contributed by atoms with E-state index in [-0.39, 0.29) is 0 Å². The molecule has 2 N–H and O–H groups in total. The number of hydrogen-bond donors (Lipinski definition) is 2. The molecule has 1 heterocycles. The van der Waals surface area contributed by atoms with Crippen LogP contribution in [0.1, 0.15) is 44.6 Å². The topological polar surface area (TPSA) is 48.9 Å². The third-order valence-corrected chi connectivity index (χ3v) is 5.40. The van der Waals surface area contributed by atoms with Crippen LogP contribution in [-0.4, -0.2) is 55.8 Å². The normalized spacial score (nSPS) is 19.2. The third kappa shape index (κ3) is 7.28. The number of aliphatic imine (C=N–C) groups is 1. The maximum absolute atomic E-state index is 6.11. The first-order valence-corrected chi connectivity index (χ1v) is 10.9. The molecule has 0 amide bonds. The maximum Gasteiger partial charge on any atom is 0.191 e. The molecule has 1 saturated heterocycles. The molecule has 5 heteroatoms. The van der Waals surface area contributed by atoms with E-state index < -0.39 is 0 Å². The lowest BCUT2D eigenvalue weighted by Crippen LogP contribution is -2.42. The summed E-state index contributed by atoms with van der Waals surface area (Å²) in [5, 5.41) is 6.85. The zero-order valence-electron chi connectivity index (χ0n) is 17.3. The first kappa shape index (κ1) is 20.9. The molecule has 2 aliphatic rings. The summed E-state index contributed by atoms with van der Waals surface area (Å²) >= 11 is 0. The molecule has 1 aliphatic heterocycles. The van der Waals surface area contributed by atoms with Crippen LogP contribution in [0.15, 0.2) is 47.5 Å². The minimum absolute atomic E-state index is 0.409. The van der Waals surface area contributed by atoms with E-state index in [0.717, 1.165) is 77.4 Å². The van der Waals surface area contributed by atoms with Crippen molar-refractivity contribution in [1.29, 1.82) is 0 Å². The van der Waals surface area contributed by atoms with E-state index >= 15 is 0 Å². The Hall–Kier alpha value is -1.85. The van der Waals surface area contributed by atoms with Crippen molar-refractivity contribution in [2.24, 2.45) is 4.99 Å². The van der Waals surface area contributed by atoms with Gasteiger partial charge in [-0.25, -0.2) is 0 Å². The van der Waals surface area contributed by atoms with Crippen LogP contribution in [0.5, 0.6) is 0 Å². The highest BCUT2D eigenvalue weighted by molar-refractivity contribution is 5.80. The van der Waals surface area contributed by atoms with Gasteiger partial charge in [0.25, 0.3) is 0 Å². The van der Waals surface area contributed by atoms with Crippen LogP contribution in [0.25, 0.3) is 0 Å². The van der Waals surface area contributed by atoms with E-state index in [1.807, 2.05) is 0 Å². The smallest absolute Gasteiger partial charge is 0.191 e. The number of ether oxygens (including phenoxy) is 1. The van der Waals surface area contributed by atoms with Crippen molar-refractivity contribution in [3.8, 4) is 0 Å². The average Bonchev–Trinajstić information content (AvgIpc) is 3.23. The SMILES string of the molecule is CCNC(=NCCCOC1CCN(Cc2ccccc2)CC1)NC1CC=CC1. The van der Waals surface area contributed by atoms with E-state index in [9.17, 15) is 0 Å². The van der Waals surface area contributed by atoms with Crippen LogP contribution >= 0.6 is 0 Å². The highest BCUT2D eigenvalue weighted by Gasteiger charge is 2.19. The van der Waals surface area contributed by atoms with Gasteiger partial charge in [-0.1, -0.05) is 42.5 Å². The summed E-state index contributed by atoms with van der Waals surface area (Å²) in [6, 6.07) is 11.2. The van der Waals surface area contributed by atoms with Gasteiger partial charge in [-0.15, -0.1) is 0 Å². The van der Waals surface area contributed by atoms with Gasteiger partial charge in [-0.05, 0) is 44.6 Å². The quantitative estimate of drug-likeness (QED) is 0.297. The second-order valence-corrected chi connectivity index (χ2v) is 7.73. The molecule has 0 bridgehead atoms. The molecule has 154 valence electrons. The number of benzene rings is 1. The molecule has 0 spiro atoms. The van der Waals surface area contributed by atoms with Crippen molar-refractivity contribution in [3.63, 3.8) is 0 Å². The lowest BCUT2D eigenvalue weighted by molar-refractivity contribution is 0.00566. The van der Waals surface area contributed by atoms with Crippen molar-refractivity contribution >= 4 is 5.96 Å². The van der Waals surface area contributed by atoms with Gasteiger partial charge in [-0.3, -0.25) is 9.89 Å². The summed E-state index contributed by atoms with van der Waals surface area (Å²) in [5.74, 6) is 0.936. The van der Waals surface area contributed by atoms with Gasteiger partial charge in [0.2, 0.25) is 0 Å². The minimum atomic E-state index is 0.409. The highest BCUT2D eigenvalue weighted by Crippen LogP contribution is 2.16. The number of rotatable bonds is 9. The zero-order chi connectivity index (χ0) is 19.4. The Labute approximate surface area is 170 Å². The second kappa shape index (κ2) is 11.9. The van der Waals surface area contributed by atoms with Crippen LogP contribution in [0.4, 0.5) is 0 Å². The van der Waals surface area contributed by atoms with Gasteiger partial charge in [0.15, 0.2) is 5.96 Å². The van der Waals surface area contributed by atoms with Gasteiger partial charge < -0.3 is 15.4 Å². The minimum Gasteiger partial charge on any atom is -0.378 e. The Morgan fingerprint density at radius 2 is 1.89 bits per heavy atom. The maximum atomic E-state index is 6.11. The van der Waals surface area contributed by atoms with Gasteiger partial charge in [0.1, 0.15) is 0 Å². The molecule has 28 heavy (non-hydrogen) atoms. The molecule has 1 fully saturated rings. The van der Waals surface area contributed by atoms with Crippen molar-refractivity contribution < 1.29 is 4.74 Å². The summed E-state index contributed by atoms with van der Waals surface area (Å²) < 4.78 is 6.11. The molecular formula is C23H36N4O. The molecule has 3 rings (SSSR count). The first-order chi connectivity index (χ1) is 13.8. The number of guanidine groups is 1. The fourth-order valence-corrected chi connectivity index (χ4v) is 3.83. The van der Waals surface area contributed by atoms with Crippen molar-refractivity contribution in [3.05, 3.63) is 48.0 Å². The zero-order valence-corrected chi connectivity index (χ0v) is 17.3. The van der Waals surface area contributed by atoms with Crippen molar-refractivity contribution in [1.82, 2.24) is 15.5 Å². The van der Waals surface area contributed by atoms with Crippen LogP contribution in [0, 0.1) is 0 Å². The molecule has 1 aromatic rings. The van der Waals surface area contributed by atoms with Gasteiger partial charge >= 0.3 is 0 Å². The number of nitrogens with zero attached hydrogens (tertiary/aromatic N) is 2. The first-order valence-electron chi connectivity index (χ1n) is 10.9. The van der Waals surface area contributed by atoms with Gasteiger partial charge in [-0.2, -0.15) is 0 Å². The van der Waals surface area contributed by atoms with Crippen LogP contribution in [-0.2, 0) is 11.3 Å². The highest BCUT2D eigenvalue weighted by atomic mass is 16.5. The molecule has 0 unspecified atom stereocenters. The summed E-state index contributed by atoms with van der Waals surface area (Å²) in [6.45, 7) is 7.92. The fraction of sp³-hybridized carbons (Fsp3) is 0.609. The summed E-state index contributed by atoms with van der Waals surface area (Å²) in [6.07, 6.45) is 10.3. The van der Waals surface area contributed by atoms with Crippen LogP contribution < -0.4 is 10.6 Å². The number of hydrogen-bond acceptors (Lipinski definition) is 3. The third-order valence-electron chi connectivity index (χ3n) is 5.40. The lowest BCUT2D eigenvalue weighted by Gasteiger charge is -2.31. The number of likely N-dealkylation sites (tertiary alicyclic amines) is 1. The number of nitrogens with one attached hydrogen (secondary N) is 2. The Balaban J connectivity index is 1.27. The monoisotopic (exact) mass is 384 g/mol. The lowest BCUT2D eigenvalue weighted by atomic mass is 10.1. The summed E-state index contributed by atoms with van der Waals surface area (Å²) in [5.41, 5.74) is 1.40. The standard InChI is InChI=1S/C23H36N4O/c1-2-24-23(26-21-11-6-7-12-21)25-15-8-18-28-22-13-16-27(17-14-22)19-20-9-4-3-5-10-20/h3-7,9-10,21-22H,2,8,11-19H2,1H3,(H2,24,25,26). The van der Waals surface area contributed by atoms with Crippen LogP contribution in [0.2, 0.25) is 0 Å². The molecule has 1 aromatic carbocycles. The van der Waals surface area contributed by atoms with Crippen molar-refractivity contribution in [2.45, 2.75) is 57.7 Å². The van der Waals surface area contributed by atoms with E-state index in [4.69, 9.17) is 9.73 Å². The second-order valence-electron chi connectivity index (χ2n) is 7.73. The Morgan fingerprint density at radius 1 is 1.14 bits per heavy atom. The molecule has 0 atom stereocenters. The Morgan fingerprint density at radius 3 is 2.61 bits per heavy atom. The van der Waals surface area contributed by atoms with E-state index in [1.165, 1.54) is 5.56 Å². The van der Waals surface area contributed by atoms with E-state index in [0.29, 0.717) is 12.1 Å². The molecule has 0 radical (unpaired) electrons. The predicted molar refractivity (Wildman–Crippen MR) is 117 cm³/mol. The van der Waals surface area contributed by atoms with Crippen LogP contribution in [0.3, 0.4) is 0 Å². The molecule has 5 nitrogen and oxygen atoms in total. The van der Waals surface area contributed by atoms with E-state index in [1.54, 1.807) is 0 Å². The average molecular weight is 385 g/mol. The molecule has 0 aromatic heterocycles. The predicted octanol–water partition coefficient (Wildman–Crippen LogP) is 3.33. The fourth-order valence-electron chi connectivity index (χ4n) is 3.83. The summed E-state index contributed by atoms with van der Waals surface area (Å²) in [7, 11) is 0. The molecule has 1 aliphatic carbocycles. The largest absolute Gasteiger partial charge is 0.378 e. The van der Waals surface area contributed by atoms with Gasteiger partial charge in [0, 0.05) is 45.4 Å². The Kier molecular flexibility index (Phi) is 8.85. The van der Waals surface area contributed by atoms with Gasteiger partial charge in [0.05, 0.1) is 6.10 Å². The number of piperidine rings is 1. The molecular weight excluding hydrogens is 348 g/mol. The molecule has 0 saturated carbocycles. The summed E-state index contributed by atoms with van der Waals surface area (Å²) in [4.78, 5) is 7.23. The Bertz CT molecular complexity index is 600. The van der Waals surface area contributed by atoms with E-state index in [2.05, 4.69) is 64.9 Å². The van der Waals surface area contributed by atoms with Crippen molar-refractivity contribution in [2.75, 3.05) is 32.8 Å².